The SMILES string of the molecule is O=C1NCCC(c2ccccc2)=C1N1CCCCC1. The summed E-state index contributed by atoms with van der Waals surface area (Å²) in [5, 5.41) is 2.99. The normalized spacial score (nSPS) is 20.4. The van der Waals surface area contributed by atoms with Gasteiger partial charge in [0.25, 0.3) is 5.91 Å². The maximum Gasteiger partial charge on any atom is 0.267 e. The molecule has 2 aliphatic heterocycles. The van der Waals surface area contributed by atoms with Crippen LogP contribution in [0, 0.1) is 0 Å². The highest BCUT2D eigenvalue weighted by Crippen LogP contribution is 2.28. The van der Waals surface area contributed by atoms with Gasteiger partial charge in [-0.05, 0) is 36.8 Å². The van der Waals surface area contributed by atoms with Gasteiger partial charge >= 0.3 is 0 Å². The number of carbonyl (C=O) groups excluding carboxylic acids is 1. The summed E-state index contributed by atoms with van der Waals surface area (Å²) < 4.78 is 0. The molecule has 0 saturated carbocycles. The van der Waals surface area contributed by atoms with E-state index in [0.717, 1.165) is 31.8 Å². The molecule has 0 radical (unpaired) electrons. The van der Waals surface area contributed by atoms with E-state index >= 15 is 0 Å². The second-order valence-electron chi connectivity index (χ2n) is 5.25. The number of hydrogen-bond donors (Lipinski definition) is 1. The Morgan fingerprint density at radius 3 is 2.47 bits per heavy atom. The number of rotatable bonds is 2. The third kappa shape index (κ3) is 2.50. The average Bonchev–Trinajstić information content (AvgIpc) is 2.49. The summed E-state index contributed by atoms with van der Waals surface area (Å²) in [5.41, 5.74) is 3.32. The molecule has 3 nitrogen and oxygen atoms in total. The number of carbonyl (C=O) groups is 1. The first-order valence-corrected chi connectivity index (χ1v) is 7.18. The van der Waals surface area contributed by atoms with E-state index in [4.69, 9.17) is 0 Å². The van der Waals surface area contributed by atoms with E-state index < -0.39 is 0 Å². The number of amides is 1. The molecule has 0 aliphatic carbocycles. The quantitative estimate of drug-likeness (QED) is 0.881. The van der Waals surface area contributed by atoms with Crippen LogP contribution < -0.4 is 5.32 Å². The zero-order valence-corrected chi connectivity index (χ0v) is 11.2. The molecule has 2 heterocycles. The lowest BCUT2D eigenvalue weighted by molar-refractivity contribution is -0.119. The van der Waals surface area contributed by atoms with E-state index in [1.54, 1.807) is 0 Å². The Morgan fingerprint density at radius 1 is 1.00 bits per heavy atom. The number of nitrogens with zero attached hydrogens (tertiary/aromatic N) is 1. The predicted molar refractivity (Wildman–Crippen MR) is 76.4 cm³/mol. The Balaban J connectivity index is 2.01. The van der Waals surface area contributed by atoms with Crippen LogP contribution in [0.4, 0.5) is 0 Å². The molecule has 0 aromatic heterocycles. The van der Waals surface area contributed by atoms with Crippen LogP contribution in [0.3, 0.4) is 0 Å². The number of likely N-dealkylation sites (tertiary alicyclic amines) is 1. The number of hydrogen-bond acceptors (Lipinski definition) is 2. The summed E-state index contributed by atoms with van der Waals surface area (Å²) >= 11 is 0. The van der Waals surface area contributed by atoms with Gasteiger partial charge in [0.2, 0.25) is 0 Å². The Labute approximate surface area is 114 Å². The van der Waals surface area contributed by atoms with Gasteiger partial charge in [0.1, 0.15) is 5.70 Å². The standard InChI is InChI=1S/C16H20N2O/c19-16-15(18-11-5-2-6-12-18)14(9-10-17-16)13-7-3-1-4-8-13/h1,3-4,7-8H,2,5-6,9-12H2,(H,17,19). The minimum absolute atomic E-state index is 0.104. The molecule has 1 amide bonds. The average molecular weight is 256 g/mol. The summed E-state index contributed by atoms with van der Waals surface area (Å²) in [4.78, 5) is 14.5. The molecular formula is C16H20N2O. The third-order valence-electron chi connectivity index (χ3n) is 3.96. The fourth-order valence-corrected chi connectivity index (χ4v) is 3.01. The Bertz CT molecular complexity index is 487. The minimum atomic E-state index is 0.104. The van der Waals surface area contributed by atoms with Crippen LogP contribution in [0.1, 0.15) is 31.2 Å². The molecule has 1 fully saturated rings. The predicted octanol–water partition coefficient (Wildman–Crippen LogP) is 2.40. The molecule has 1 aromatic carbocycles. The molecule has 3 rings (SSSR count). The summed E-state index contributed by atoms with van der Waals surface area (Å²) in [6.07, 6.45) is 4.60. The lowest BCUT2D eigenvalue weighted by atomic mass is 9.96. The van der Waals surface area contributed by atoms with Gasteiger partial charge in [-0.1, -0.05) is 30.3 Å². The Hall–Kier alpha value is -1.77. The van der Waals surface area contributed by atoms with Crippen molar-refractivity contribution in [3.05, 3.63) is 41.6 Å². The molecule has 2 aliphatic rings. The van der Waals surface area contributed by atoms with E-state index in [2.05, 4.69) is 22.3 Å². The molecule has 0 unspecified atom stereocenters. The van der Waals surface area contributed by atoms with Crippen molar-refractivity contribution in [3.8, 4) is 0 Å². The van der Waals surface area contributed by atoms with Crippen molar-refractivity contribution in [2.24, 2.45) is 0 Å². The highest BCUT2D eigenvalue weighted by Gasteiger charge is 2.26. The summed E-state index contributed by atoms with van der Waals surface area (Å²) in [6.45, 7) is 2.78. The summed E-state index contributed by atoms with van der Waals surface area (Å²) in [7, 11) is 0. The van der Waals surface area contributed by atoms with E-state index in [1.807, 2.05) is 18.2 Å². The number of piperidine rings is 1. The number of benzene rings is 1. The number of nitrogens with one attached hydrogen (secondary N) is 1. The van der Waals surface area contributed by atoms with Crippen molar-refractivity contribution in [2.75, 3.05) is 19.6 Å². The van der Waals surface area contributed by atoms with Gasteiger partial charge in [0.05, 0.1) is 0 Å². The van der Waals surface area contributed by atoms with Gasteiger partial charge in [-0.25, -0.2) is 0 Å². The van der Waals surface area contributed by atoms with Gasteiger partial charge in [0, 0.05) is 19.6 Å². The second kappa shape index (κ2) is 5.47. The molecule has 1 N–H and O–H groups in total. The maximum absolute atomic E-state index is 12.3. The van der Waals surface area contributed by atoms with Crippen LogP contribution in [-0.2, 0) is 4.79 Å². The molecule has 0 atom stereocenters. The van der Waals surface area contributed by atoms with Crippen molar-refractivity contribution >= 4 is 11.5 Å². The molecule has 0 bridgehead atoms. The summed E-state index contributed by atoms with van der Waals surface area (Å²) in [5.74, 6) is 0.104. The molecular weight excluding hydrogens is 236 g/mol. The first kappa shape index (κ1) is 12.3. The topological polar surface area (TPSA) is 32.3 Å². The van der Waals surface area contributed by atoms with Crippen LogP contribution in [0.5, 0.6) is 0 Å². The lowest BCUT2D eigenvalue weighted by Gasteiger charge is -2.34. The Kier molecular flexibility index (Phi) is 3.53. The van der Waals surface area contributed by atoms with Crippen molar-refractivity contribution in [1.29, 1.82) is 0 Å². The van der Waals surface area contributed by atoms with Crippen molar-refractivity contribution in [1.82, 2.24) is 10.2 Å². The molecule has 3 heteroatoms. The maximum atomic E-state index is 12.3. The molecule has 1 aromatic rings. The highest BCUT2D eigenvalue weighted by molar-refractivity contribution is 6.02. The highest BCUT2D eigenvalue weighted by atomic mass is 16.2. The van der Waals surface area contributed by atoms with Crippen molar-refractivity contribution < 1.29 is 4.79 Å². The zero-order valence-electron chi connectivity index (χ0n) is 11.2. The minimum Gasteiger partial charge on any atom is -0.367 e. The van der Waals surface area contributed by atoms with Crippen LogP contribution >= 0.6 is 0 Å². The first-order chi connectivity index (χ1) is 9.36. The smallest absolute Gasteiger partial charge is 0.267 e. The fraction of sp³-hybridized carbons (Fsp3) is 0.438. The van der Waals surface area contributed by atoms with Crippen molar-refractivity contribution in [3.63, 3.8) is 0 Å². The zero-order chi connectivity index (χ0) is 13.1. The van der Waals surface area contributed by atoms with Crippen LogP contribution in [-0.4, -0.2) is 30.4 Å². The Morgan fingerprint density at radius 2 is 1.74 bits per heavy atom. The van der Waals surface area contributed by atoms with Gasteiger partial charge in [-0.15, -0.1) is 0 Å². The molecule has 19 heavy (non-hydrogen) atoms. The molecule has 100 valence electrons. The second-order valence-corrected chi connectivity index (χ2v) is 5.25. The van der Waals surface area contributed by atoms with E-state index in [-0.39, 0.29) is 5.91 Å². The van der Waals surface area contributed by atoms with Crippen molar-refractivity contribution in [2.45, 2.75) is 25.7 Å². The van der Waals surface area contributed by atoms with Crippen LogP contribution in [0.2, 0.25) is 0 Å². The lowest BCUT2D eigenvalue weighted by Crippen LogP contribution is -2.41. The van der Waals surface area contributed by atoms with E-state index in [9.17, 15) is 4.79 Å². The van der Waals surface area contributed by atoms with Gasteiger partial charge < -0.3 is 10.2 Å². The fourth-order valence-electron chi connectivity index (χ4n) is 3.01. The van der Waals surface area contributed by atoms with Crippen LogP contribution in [0.25, 0.3) is 5.57 Å². The van der Waals surface area contributed by atoms with E-state index in [0.29, 0.717) is 0 Å². The van der Waals surface area contributed by atoms with Crippen LogP contribution in [0.15, 0.2) is 36.0 Å². The van der Waals surface area contributed by atoms with Gasteiger partial charge in [0.15, 0.2) is 0 Å². The summed E-state index contributed by atoms with van der Waals surface area (Å²) in [6, 6.07) is 10.3. The molecule has 0 spiro atoms. The monoisotopic (exact) mass is 256 g/mol. The van der Waals surface area contributed by atoms with Gasteiger partial charge in [-0.3, -0.25) is 4.79 Å². The van der Waals surface area contributed by atoms with Gasteiger partial charge in [-0.2, -0.15) is 0 Å². The first-order valence-electron chi connectivity index (χ1n) is 7.18. The molecule has 1 saturated heterocycles. The third-order valence-corrected chi connectivity index (χ3v) is 3.96. The largest absolute Gasteiger partial charge is 0.367 e. The van der Waals surface area contributed by atoms with E-state index in [1.165, 1.54) is 30.4 Å².